The molecule has 3 N–H and O–H groups in total. The van der Waals surface area contributed by atoms with E-state index < -0.39 is 11.5 Å². The lowest BCUT2D eigenvalue weighted by Gasteiger charge is -2.33. The van der Waals surface area contributed by atoms with E-state index in [1.165, 1.54) is 19.8 Å². The third-order valence-corrected chi connectivity index (χ3v) is 7.04. The number of ether oxygens (including phenoxy) is 2. The number of hydrogen-bond donors (Lipinski definition) is 3. The van der Waals surface area contributed by atoms with Gasteiger partial charge in [0.1, 0.15) is 22.8 Å². The molecule has 0 bridgehead atoms. The van der Waals surface area contributed by atoms with E-state index in [0.29, 0.717) is 53.7 Å². The molecule has 2 aromatic rings. The molecule has 0 spiro atoms. The van der Waals surface area contributed by atoms with Crippen molar-refractivity contribution >= 4 is 5.91 Å². The Labute approximate surface area is 211 Å². The molecule has 8 nitrogen and oxygen atoms in total. The van der Waals surface area contributed by atoms with Gasteiger partial charge >= 0.3 is 0 Å². The Morgan fingerprint density at radius 2 is 1.83 bits per heavy atom. The number of aryl methyl sites for hydroxylation is 1. The van der Waals surface area contributed by atoms with Crippen molar-refractivity contribution in [3.63, 3.8) is 0 Å². The van der Waals surface area contributed by atoms with E-state index in [-0.39, 0.29) is 11.3 Å². The number of benzene rings is 1. The summed E-state index contributed by atoms with van der Waals surface area (Å²) < 4.78 is 11.2. The molecule has 0 saturated carbocycles. The highest BCUT2D eigenvalue weighted by atomic mass is 16.5. The quantitative estimate of drug-likeness (QED) is 0.514. The summed E-state index contributed by atoms with van der Waals surface area (Å²) in [6, 6.07) is 5.32. The molecular formula is C28H35N3O5. The van der Waals surface area contributed by atoms with E-state index >= 15 is 0 Å². The highest BCUT2D eigenvalue weighted by molar-refractivity contribution is 6.00. The minimum atomic E-state index is -0.577. The van der Waals surface area contributed by atoms with Gasteiger partial charge in [-0.1, -0.05) is 25.5 Å². The van der Waals surface area contributed by atoms with Crippen molar-refractivity contribution < 1.29 is 19.4 Å². The lowest BCUT2D eigenvalue weighted by atomic mass is 9.87. The number of hydrogen-bond acceptors (Lipinski definition) is 6. The molecule has 2 aliphatic rings. The summed E-state index contributed by atoms with van der Waals surface area (Å²) in [5.41, 5.74) is 1.92. The molecule has 1 amide bonds. The Kier molecular flexibility index (Phi) is 8.03. The minimum Gasteiger partial charge on any atom is -0.506 e. The number of methoxy groups -OCH3 is 2. The second-order valence-corrected chi connectivity index (χ2v) is 9.18. The van der Waals surface area contributed by atoms with Gasteiger partial charge in [-0.25, -0.2) is 0 Å². The molecule has 0 radical (unpaired) electrons. The molecule has 1 aromatic carbocycles. The number of rotatable bonds is 8. The standard InChI is InChI=1S/C28H35N3O5/c1-4-5-7-20-23(24-21(35-2)8-6-9-22(24)36-3)26(32)25(27(33)30-20)28(34)31-16-12-19(13-17-31)18-10-14-29-15-11-18/h6,8-11,14,19,29H,4-5,7,12-13,15-17H2,1-3H3,(H2,30,32,33). The lowest BCUT2D eigenvalue weighted by molar-refractivity contribution is 0.0698. The first-order valence-corrected chi connectivity index (χ1v) is 12.6. The van der Waals surface area contributed by atoms with Gasteiger partial charge in [-0.2, -0.15) is 0 Å². The van der Waals surface area contributed by atoms with E-state index in [4.69, 9.17) is 9.47 Å². The number of piperidine rings is 1. The number of nitrogens with zero attached hydrogens (tertiary/aromatic N) is 1. The van der Waals surface area contributed by atoms with Crippen LogP contribution in [0.4, 0.5) is 0 Å². The number of dihydropyridines is 1. The number of aromatic nitrogens is 1. The first-order chi connectivity index (χ1) is 17.5. The average molecular weight is 494 g/mol. The summed E-state index contributed by atoms with van der Waals surface area (Å²) in [6.07, 6.45) is 10.1. The molecule has 0 aliphatic carbocycles. The van der Waals surface area contributed by atoms with Crippen LogP contribution in [-0.4, -0.2) is 54.8 Å². The van der Waals surface area contributed by atoms with Crippen LogP contribution in [0, 0.1) is 5.92 Å². The van der Waals surface area contributed by atoms with Gasteiger partial charge in [-0.3, -0.25) is 9.59 Å². The molecule has 8 heteroatoms. The predicted molar refractivity (Wildman–Crippen MR) is 140 cm³/mol. The molecule has 1 aromatic heterocycles. The van der Waals surface area contributed by atoms with Crippen LogP contribution in [0.3, 0.4) is 0 Å². The molecule has 192 valence electrons. The second kappa shape index (κ2) is 11.4. The number of amides is 1. The van der Waals surface area contributed by atoms with Crippen molar-refractivity contribution in [3.8, 4) is 28.4 Å². The number of carbonyl (C=O) groups excluding carboxylic acids is 1. The van der Waals surface area contributed by atoms with Gasteiger partial charge in [0.15, 0.2) is 0 Å². The predicted octanol–water partition coefficient (Wildman–Crippen LogP) is 4.00. The fraction of sp³-hybridized carbons (Fsp3) is 0.429. The number of H-pyrrole nitrogens is 1. The van der Waals surface area contributed by atoms with Crippen LogP contribution in [0.5, 0.6) is 17.2 Å². The van der Waals surface area contributed by atoms with Crippen molar-refractivity contribution in [2.75, 3.05) is 33.9 Å². The van der Waals surface area contributed by atoms with Crippen LogP contribution < -0.4 is 20.3 Å². The summed E-state index contributed by atoms with van der Waals surface area (Å²) in [7, 11) is 3.08. The zero-order chi connectivity index (χ0) is 25.7. The zero-order valence-electron chi connectivity index (χ0n) is 21.2. The fourth-order valence-corrected chi connectivity index (χ4v) is 5.09. The number of allylic oxidation sites excluding steroid dienone is 2. The Balaban J connectivity index is 1.72. The van der Waals surface area contributed by atoms with E-state index in [9.17, 15) is 14.7 Å². The lowest BCUT2D eigenvalue weighted by Crippen LogP contribution is -2.41. The van der Waals surface area contributed by atoms with Crippen LogP contribution in [0.25, 0.3) is 11.1 Å². The topological polar surface area (TPSA) is 104 Å². The summed E-state index contributed by atoms with van der Waals surface area (Å²) in [4.78, 5) is 31.3. The Bertz CT molecular complexity index is 1200. The largest absolute Gasteiger partial charge is 0.506 e. The molecule has 0 atom stereocenters. The number of nitrogens with one attached hydrogen (secondary N) is 2. The zero-order valence-corrected chi connectivity index (χ0v) is 21.2. The van der Waals surface area contributed by atoms with Crippen LogP contribution in [0.2, 0.25) is 0 Å². The van der Waals surface area contributed by atoms with Crippen LogP contribution in [0.1, 0.15) is 48.7 Å². The molecule has 4 rings (SSSR count). The fourth-order valence-electron chi connectivity index (χ4n) is 5.09. The number of aromatic hydroxyl groups is 1. The first-order valence-electron chi connectivity index (χ1n) is 12.6. The Morgan fingerprint density at radius 1 is 1.14 bits per heavy atom. The maximum atomic E-state index is 13.6. The number of unbranched alkanes of at least 4 members (excludes halogenated alkanes) is 1. The normalized spacial score (nSPS) is 15.9. The van der Waals surface area contributed by atoms with Crippen LogP contribution in [-0.2, 0) is 6.42 Å². The smallest absolute Gasteiger partial charge is 0.264 e. The summed E-state index contributed by atoms with van der Waals surface area (Å²) in [6.45, 7) is 3.91. The van der Waals surface area contributed by atoms with Gasteiger partial charge in [0.25, 0.3) is 11.5 Å². The summed E-state index contributed by atoms with van der Waals surface area (Å²) >= 11 is 0. The maximum Gasteiger partial charge on any atom is 0.264 e. The molecule has 2 aliphatic heterocycles. The van der Waals surface area contributed by atoms with E-state index in [2.05, 4.69) is 29.4 Å². The van der Waals surface area contributed by atoms with Crippen LogP contribution >= 0.6 is 0 Å². The van der Waals surface area contributed by atoms with Gasteiger partial charge in [-0.15, -0.1) is 0 Å². The van der Waals surface area contributed by atoms with E-state index in [1.807, 2.05) is 6.20 Å². The maximum absolute atomic E-state index is 13.6. The number of carbonyl (C=O) groups is 1. The molecule has 0 unspecified atom stereocenters. The van der Waals surface area contributed by atoms with Crippen molar-refractivity contribution in [1.82, 2.24) is 15.2 Å². The average Bonchev–Trinajstić information content (AvgIpc) is 2.92. The third kappa shape index (κ3) is 4.98. The monoisotopic (exact) mass is 493 g/mol. The van der Waals surface area contributed by atoms with Crippen LogP contribution in [0.15, 0.2) is 46.9 Å². The number of aromatic amines is 1. The number of likely N-dealkylation sites (tertiary alicyclic amines) is 1. The first kappa shape index (κ1) is 25.4. The van der Waals surface area contributed by atoms with Crippen molar-refractivity contribution in [2.24, 2.45) is 5.92 Å². The van der Waals surface area contributed by atoms with Gasteiger partial charge in [0, 0.05) is 25.3 Å². The number of pyridine rings is 1. The van der Waals surface area contributed by atoms with E-state index in [0.717, 1.165) is 32.2 Å². The molecule has 3 heterocycles. The Hall–Kier alpha value is -3.68. The summed E-state index contributed by atoms with van der Waals surface area (Å²) in [5.74, 6) is 0.556. The molecular weight excluding hydrogens is 458 g/mol. The van der Waals surface area contributed by atoms with Gasteiger partial charge in [-0.05, 0) is 61.6 Å². The van der Waals surface area contributed by atoms with Crippen molar-refractivity contribution in [3.05, 3.63) is 63.7 Å². The van der Waals surface area contributed by atoms with Crippen molar-refractivity contribution in [1.29, 1.82) is 0 Å². The SMILES string of the molecule is CCCCc1[nH]c(=O)c(C(=O)N2CCC(C3=CCNC=C3)CC2)c(O)c1-c1c(OC)cccc1OC. The molecule has 1 saturated heterocycles. The summed E-state index contributed by atoms with van der Waals surface area (Å²) in [5, 5.41) is 14.7. The minimum absolute atomic E-state index is 0.238. The highest BCUT2D eigenvalue weighted by Crippen LogP contribution is 2.45. The van der Waals surface area contributed by atoms with Gasteiger partial charge < -0.3 is 29.8 Å². The van der Waals surface area contributed by atoms with Gasteiger partial charge in [0.2, 0.25) is 0 Å². The molecule has 36 heavy (non-hydrogen) atoms. The Morgan fingerprint density at radius 3 is 2.42 bits per heavy atom. The van der Waals surface area contributed by atoms with Gasteiger partial charge in [0.05, 0.1) is 25.3 Å². The van der Waals surface area contributed by atoms with Crippen molar-refractivity contribution in [2.45, 2.75) is 39.0 Å². The highest BCUT2D eigenvalue weighted by Gasteiger charge is 2.32. The third-order valence-electron chi connectivity index (χ3n) is 7.04. The molecule has 1 fully saturated rings. The second-order valence-electron chi connectivity index (χ2n) is 9.18. The van der Waals surface area contributed by atoms with E-state index in [1.54, 1.807) is 23.1 Å².